The van der Waals surface area contributed by atoms with Crippen molar-refractivity contribution in [1.82, 2.24) is 25.2 Å². The minimum Gasteiger partial charge on any atom is -0.349 e. The molecule has 26 heavy (non-hydrogen) atoms. The highest BCUT2D eigenvalue weighted by Gasteiger charge is 2.32. The monoisotopic (exact) mass is 411 g/mol. The van der Waals surface area contributed by atoms with Crippen molar-refractivity contribution < 1.29 is 18.0 Å². The van der Waals surface area contributed by atoms with E-state index in [-0.39, 0.29) is 41.4 Å². The van der Waals surface area contributed by atoms with Crippen LogP contribution in [-0.2, 0) is 17.5 Å². The van der Waals surface area contributed by atoms with Gasteiger partial charge in [0.15, 0.2) is 11.5 Å². The van der Waals surface area contributed by atoms with E-state index in [1.807, 2.05) is 0 Å². The Hall–Kier alpha value is -1.58. The molecule has 0 saturated carbocycles. The van der Waals surface area contributed by atoms with Crippen molar-refractivity contribution in [2.75, 3.05) is 13.1 Å². The summed E-state index contributed by atoms with van der Waals surface area (Å²) in [6.07, 6.45) is -1.44. The lowest BCUT2D eigenvalue weighted by molar-refractivity contribution is -0.137. The summed E-state index contributed by atoms with van der Waals surface area (Å²) in [7, 11) is 0. The standard InChI is InChI=1S/C15H17ClF3N5O.ClH/c16-11-5-10(15(17,18)19)8-24-12(22-23-14(11)24)7-21-13(25)2-1-9-3-4-20-6-9;/h5,8-9,20H,1-4,6-7H2,(H,21,25);1H. The molecule has 2 N–H and O–H groups in total. The van der Waals surface area contributed by atoms with Crippen LogP contribution in [0.5, 0.6) is 0 Å². The summed E-state index contributed by atoms with van der Waals surface area (Å²) in [5.74, 6) is 0.522. The van der Waals surface area contributed by atoms with Crippen LogP contribution in [0.25, 0.3) is 5.65 Å². The van der Waals surface area contributed by atoms with Crippen LogP contribution < -0.4 is 10.6 Å². The number of halogens is 5. The highest BCUT2D eigenvalue weighted by molar-refractivity contribution is 6.33. The van der Waals surface area contributed by atoms with Gasteiger partial charge in [-0.1, -0.05) is 11.6 Å². The average molecular weight is 412 g/mol. The van der Waals surface area contributed by atoms with Gasteiger partial charge in [0.2, 0.25) is 5.91 Å². The molecule has 1 amide bonds. The highest BCUT2D eigenvalue weighted by Crippen LogP contribution is 2.32. The van der Waals surface area contributed by atoms with E-state index in [1.54, 1.807) is 0 Å². The number of carbonyl (C=O) groups is 1. The number of nitrogens with zero attached hydrogens (tertiary/aromatic N) is 3. The van der Waals surface area contributed by atoms with Gasteiger partial charge in [0, 0.05) is 12.6 Å². The summed E-state index contributed by atoms with van der Waals surface area (Å²) >= 11 is 5.85. The Balaban J connectivity index is 0.00000243. The van der Waals surface area contributed by atoms with Crippen LogP contribution in [-0.4, -0.2) is 33.6 Å². The van der Waals surface area contributed by atoms with Crippen molar-refractivity contribution in [1.29, 1.82) is 0 Å². The molecule has 1 saturated heterocycles. The second-order valence-corrected chi connectivity index (χ2v) is 6.47. The normalized spacial score (nSPS) is 17.3. The Bertz CT molecular complexity index is 774. The predicted molar refractivity (Wildman–Crippen MR) is 92.3 cm³/mol. The van der Waals surface area contributed by atoms with Crippen LogP contribution >= 0.6 is 24.0 Å². The first-order valence-corrected chi connectivity index (χ1v) is 8.30. The van der Waals surface area contributed by atoms with Crippen LogP contribution in [0.1, 0.15) is 30.7 Å². The lowest BCUT2D eigenvalue weighted by Gasteiger charge is -2.10. The van der Waals surface area contributed by atoms with Crippen LogP contribution in [0.3, 0.4) is 0 Å². The number of nitrogens with one attached hydrogen (secondary N) is 2. The lowest BCUT2D eigenvalue weighted by Crippen LogP contribution is -2.24. The van der Waals surface area contributed by atoms with Gasteiger partial charge in [-0.2, -0.15) is 13.2 Å². The van der Waals surface area contributed by atoms with Crippen LogP contribution in [0.2, 0.25) is 5.02 Å². The molecule has 3 rings (SSSR count). The molecule has 11 heteroatoms. The molecule has 0 spiro atoms. The largest absolute Gasteiger partial charge is 0.417 e. The van der Waals surface area contributed by atoms with E-state index in [9.17, 15) is 18.0 Å². The van der Waals surface area contributed by atoms with E-state index in [0.717, 1.165) is 42.6 Å². The molecular formula is C15H18Cl2F3N5O. The molecule has 2 aromatic rings. The van der Waals surface area contributed by atoms with E-state index in [0.29, 0.717) is 12.3 Å². The van der Waals surface area contributed by atoms with Crippen LogP contribution in [0, 0.1) is 5.92 Å². The lowest BCUT2D eigenvalue weighted by atomic mass is 10.0. The number of hydrogen-bond acceptors (Lipinski definition) is 4. The maximum absolute atomic E-state index is 12.9. The molecule has 2 aromatic heterocycles. The third-order valence-electron chi connectivity index (χ3n) is 4.24. The molecular weight excluding hydrogens is 394 g/mol. The van der Waals surface area contributed by atoms with Gasteiger partial charge in [-0.15, -0.1) is 22.6 Å². The van der Waals surface area contributed by atoms with Crippen molar-refractivity contribution in [3.8, 4) is 0 Å². The fourth-order valence-corrected chi connectivity index (χ4v) is 3.08. The van der Waals surface area contributed by atoms with E-state index in [2.05, 4.69) is 20.8 Å². The van der Waals surface area contributed by atoms with Gasteiger partial charge in [0.25, 0.3) is 0 Å². The maximum atomic E-state index is 12.9. The van der Waals surface area contributed by atoms with Crippen molar-refractivity contribution in [3.63, 3.8) is 0 Å². The Morgan fingerprint density at radius 1 is 1.42 bits per heavy atom. The number of carbonyl (C=O) groups excluding carboxylic acids is 1. The quantitative estimate of drug-likeness (QED) is 0.793. The van der Waals surface area contributed by atoms with Gasteiger partial charge in [-0.3, -0.25) is 9.20 Å². The van der Waals surface area contributed by atoms with Crippen LogP contribution in [0.4, 0.5) is 13.2 Å². The first-order chi connectivity index (χ1) is 11.8. The van der Waals surface area contributed by atoms with E-state index in [1.165, 1.54) is 0 Å². The molecule has 1 unspecified atom stereocenters. The molecule has 0 radical (unpaired) electrons. The number of amides is 1. The summed E-state index contributed by atoms with van der Waals surface area (Å²) < 4.78 is 39.9. The second-order valence-electron chi connectivity index (χ2n) is 6.06. The Labute approximate surface area is 158 Å². The van der Waals surface area contributed by atoms with Crippen molar-refractivity contribution in [3.05, 3.63) is 28.7 Å². The summed E-state index contributed by atoms with van der Waals surface area (Å²) in [5, 5.41) is 13.4. The van der Waals surface area contributed by atoms with Gasteiger partial charge in [0.05, 0.1) is 17.1 Å². The van der Waals surface area contributed by atoms with Crippen molar-refractivity contribution in [2.45, 2.75) is 32.0 Å². The zero-order valence-electron chi connectivity index (χ0n) is 13.6. The fraction of sp³-hybridized carbons (Fsp3) is 0.533. The highest BCUT2D eigenvalue weighted by atomic mass is 35.5. The molecule has 1 atom stereocenters. The third-order valence-corrected chi connectivity index (χ3v) is 4.52. The minimum atomic E-state index is -4.53. The zero-order chi connectivity index (χ0) is 18.0. The molecule has 0 aliphatic carbocycles. The molecule has 1 fully saturated rings. The van der Waals surface area contributed by atoms with Gasteiger partial charge in [0.1, 0.15) is 0 Å². The Morgan fingerprint density at radius 3 is 2.85 bits per heavy atom. The van der Waals surface area contributed by atoms with Gasteiger partial charge < -0.3 is 10.6 Å². The smallest absolute Gasteiger partial charge is 0.349 e. The average Bonchev–Trinajstić information content (AvgIpc) is 3.19. The Morgan fingerprint density at radius 2 is 2.19 bits per heavy atom. The number of fused-ring (bicyclic) bond motifs is 1. The third kappa shape index (κ3) is 4.77. The number of hydrogen-bond donors (Lipinski definition) is 2. The molecule has 6 nitrogen and oxygen atoms in total. The summed E-state index contributed by atoms with van der Waals surface area (Å²) in [6, 6.07) is 0.809. The molecule has 1 aliphatic rings. The van der Waals surface area contributed by atoms with Gasteiger partial charge in [-0.25, -0.2) is 0 Å². The SMILES string of the molecule is Cl.O=C(CCC1CCNC1)NCc1nnc2c(Cl)cc(C(F)(F)F)cn12. The summed E-state index contributed by atoms with van der Waals surface area (Å²) in [6.45, 7) is 1.88. The molecule has 3 heterocycles. The van der Waals surface area contributed by atoms with E-state index in [4.69, 9.17) is 11.6 Å². The Kier molecular flexibility index (Phi) is 6.70. The number of pyridine rings is 1. The second kappa shape index (κ2) is 8.41. The zero-order valence-corrected chi connectivity index (χ0v) is 15.2. The van der Waals surface area contributed by atoms with Crippen molar-refractivity contribution in [2.24, 2.45) is 5.92 Å². The summed E-state index contributed by atoms with van der Waals surface area (Å²) in [4.78, 5) is 11.9. The minimum absolute atomic E-state index is 0. The van der Waals surface area contributed by atoms with Crippen LogP contribution in [0.15, 0.2) is 12.3 Å². The topological polar surface area (TPSA) is 71.3 Å². The van der Waals surface area contributed by atoms with Crippen molar-refractivity contribution >= 4 is 35.6 Å². The molecule has 144 valence electrons. The maximum Gasteiger partial charge on any atom is 0.417 e. The van der Waals surface area contributed by atoms with E-state index < -0.39 is 11.7 Å². The number of aromatic nitrogens is 3. The van der Waals surface area contributed by atoms with E-state index >= 15 is 0 Å². The number of alkyl halides is 3. The van der Waals surface area contributed by atoms with Gasteiger partial charge in [-0.05, 0) is 37.9 Å². The first-order valence-electron chi connectivity index (χ1n) is 7.92. The number of rotatable bonds is 5. The van der Waals surface area contributed by atoms with Gasteiger partial charge >= 0.3 is 6.18 Å². The molecule has 0 aromatic carbocycles. The fourth-order valence-electron chi connectivity index (χ4n) is 2.84. The predicted octanol–water partition coefficient (Wildman–Crippen LogP) is 2.83. The first kappa shape index (κ1) is 20.7. The summed E-state index contributed by atoms with van der Waals surface area (Å²) in [5.41, 5.74) is -0.776. The molecule has 0 bridgehead atoms. The molecule has 1 aliphatic heterocycles.